The molecule has 8 heteroatoms. The van der Waals surface area contributed by atoms with E-state index in [1.165, 1.54) is 12.1 Å². The van der Waals surface area contributed by atoms with Gasteiger partial charge in [0.05, 0.1) is 22.8 Å². The molecule has 1 aliphatic heterocycles. The zero-order valence-electron chi connectivity index (χ0n) is 21.7. The van der Waals surface area contributed by atoms with Crippen LogP contribution in [0.15, 0.2) is 97.1 Å². The van der Waals surface area contributed by atoms with Gasteiger partial charge in [-0.05, 0) is 59.2 Å². The third kappa shape index (κ3) is 6.16. The van der Waals surface area contributed by atoms with Crippen LogP contribution in [-0.4, -0.2) is 37.0 Å². The van der Waals surface area contributed by atoms with E-state index < -0.39 is 23.2 Å². The van der Waals surface area contributed by atoms with E-state index >= 15 is 0 Å². The van der Waals surface area contributed by atoms with Crippen molar-refractivity contribution < 1.29 is 18.0 Å². The first-order valence-corrected chi connectivity index (χ1v) is 13.0. The molecule has 1 saturated heterocycles. The highest BCUT2D eigenvalue weighted by Gasteiger charge is 2.36. The smallest absolute Gasteiger partial charge is 0.369 e. The number of piperazine rings is 1. The van der Waals surface area contributed by atoms with Gasteiger partial charge in [0.2, 0.25) is 0 Å². The van der Waals surface area contributed by atoms with Crippen LogP contribution in [0.3, 0.4) is 0 Å². The van der Waals surface area contributed by atoms with E-state index in [9.17, 15) is 18.0 Å². The summed E-state index contributed by atoms with van der Waals surface area (Å²) in [6.07, 6.45) is -4.68. The van der Waals surface area contributed by atoms with Gasteiger partial charge in [-0.25, -0.2) is 0 Å². The Morgan fingerprint density at radius 2 is 1.55 bits per heavy atom. The molecule has 0 spiro atoms. The molecule has 0 saturated carbocycles. The molecule has 1 N–H and O–H groups in total. The van der Waals surface area contributed by atoms with Gasteiger partial charge in [0, 0.05) is 44.1 Å². The number of hydrogen-bond donors (Lipinski definition) is 1. The molecule has 1 aliphatic rings. The van der Waals surface area contributed by atoms with Crippen LogP contribution in [0.25, 0.3) is 11.1 Å². The highest BCUT2D eigenvalue weighted by Crippen LogP contribution is 2.37. The highest BCUT2D eigenvalue weighted by atomic mass is 19.4. The van der Waals surface area contributed by atoms with Crippen molar-refractivity contribution in [3.8, 4) is 17.2 Å². The Hall–Kier alpha value is -4.61. The first-order valence-electron chi connectivity index (χ1n) is 13.0. The Morgan fingerprint density at radius 1 is 0.850 bits per heavy atom. The Labute approximate surface area is 231 Å². The number of hydrogen-bond acceptors (Lipinski definition) is 4. The number of halogens is 3. The molecule has 40 heavy (non-hydrogen) atoms. The maximum atomic E-state index is 13.9. The number of benzene rings is 4. The fraction of sp³-hybridized carbons (Fsp3) is 0.188. The largest absolute Gasteiger partial charge is 0.417 e. The van der Waals surface area contributed by atoms with Gasteiger partial charge in [-0.1, -0.05) is 54.6 Å². The van der Waals surface area contributed by atoms with Crippen LogP contribution in [0.1, 0.15) is 27.0 Å². The lowest BCUT2D eigenvalue weighted by Gasteiger charge is -2.36. The lowest BCUT2D eigenvalue weighted by atomic mass is 9.94. The van der Waals surface area contributed by atoms with Gasteiger partial charge < -0.3 is 10.2 Å². The number of nitrogens with one attached hydrogen (secondary N) is 1. The lowest BCUT2D eigenvalue weighted by Crippen LogP contribution is -2.45. The summed E-state index contributed by atoms with van der Waals surface area (Å²) in [5.74, 6) is -0.811. The molecule has 1 fully saturated rings. The predicted octanol–water partition coefficient (Wildman–Crippen LogP) is 6.82. The molecule has 0 atom stereocenters. The van der Waals surface area contributed by atoms with Crippen molar-refractivity contribution in [3.05, 3.63) is 119 Å². The summed E-state index contributed by atoms with van der Waals surface area (Å²) in [6.45, 7) is 4.10. The quantitative estimate of drug-likeness (QED) is 0.292. The van der Waals surface area contributed by atoms with Gasteiger partial charge >= 0.3 is 6.18 Å². The van der Waals surface area contributed by atoms with Crippen LogP contribution in [-0.2, 0) is 12.7 Å². The Balaban J connectivity index is 1.26. The van der Waals surface area contributed by atoms with Crippen molar-refractivity contribution in [3.63, 3.8) is 0 Å². The summed E-state index contributed by atoms with van der Waals surface area (Å²) < 4.78 is 41.7. The van der Waals surface area contributed by atoms with Crippen LogP contribution in [0.4, 0.5) is 24.5 Å². The first-order chi connectivity index (χ1) is 19.3. The molecule has 0 radical (unpaired) electrons. The molecule has 4 aromatic rings. The predicted molar refractivity (Wildman–Crippen MR) is 150 cm³/mol. The minimum absolute atomic E-state index is 0.224. The minimum atomic E-state index is -4.68. The van der Waals surface area contributed by atoms with Crippen LogP contribution in [0, 0.1) is 11.3 Å². The number of nitrogens with zero attached hydrogens (tertiary/aromatic N) is 3. The van der Waals surface area contributed by atoms with Gasteiger partial charge in [-0.3, -0.25) is 9.69 Å². The van der Waals surface area contributed by atoms with E-state index in [2.05, 4.69) is 21.2 Å². The van der Waals surface area contributed by atoms with Crippen LogP contribution >= 0.6 is 0 Å². The second-order valence-corrected chi connectivity index (χ2v) is 9.67. The normalized spacial score (nSPS) is 14.0. The molecule has 0 aromatic heterocycles. The number of nitriles is 1. The average Bonchev–Trinajstić information content (AvgIpc) is 2.98. The number of alkyl halides is 3. The zero-order valence-corrected chi connectivity index (χ0v) is 21.7. The third-order valence-electron chi connectivity index (χ3n) is 7.01. The summed E-state index contributed by atoms with van der Waals surface area (Å²) in [5.41, 5.74) is 2.54. The van der Waals surface area contributed by atoms with Crippen molar-refractivity contribution in [1.29, 1.82) is 5.26 Å². The number of rotatable bonds is 6. The molecule has 5 nitrogen and oxygen atoms in total. The molecular formula is C32H27F3N4O. The number of amides is 1. The fourth-order valence-electron chi connectivity index (χ4n) is 5.00. The molecule has 0 bridgehead atoms. The topological polar surface area (TPSA) is 59.4 Å². The highest BCUT2D eigenvalue weighted by molar-refractivity contribution is 6.10. The van der Waals surface area contributed by atoms with E-state index in [0.29, 0.717) is 16.8 Å². The third-order valence-corrected chi connectivity index (χ3v) is 7.01. The molecule has 5 rings (SSSR count). The standard InChI is InChI=1S/C32H27F3N4O/c33-32(34,35)29-11-5-10-28(25-8-2-1-3-9-25)30(29)31(40)37-26-12-14-27(15-13-26)39-18-16-38(17-19-39)22-24-7-4-6-23(20-24)21-36/h1-15,20H,16-19,22H2,(H,37,40). The van der Waals surface area contributed by atoms with Crippen molar-refractivity contribution in [2.75, 3.05) is 36.4 Å². The molecule has 0 aliphatic carbocycles. The molecule has 0 unspecified atom stereocenters. The Kier molecular flexibility index (Phi) is 7.85. The van der Waals surface area contributed by atoms with Crippen LogP contribution < -0.4 is 10.2 Å². The number of anilines is 2. The summed E-state index contributed by atoms with van der Waals surface area (Å²) in [5, 5.41) is 11.8. The summed E-state index contributed by atoms with van der Waals surface area (Å²) in [4.78, 5) is 17.8. The van der Waals surface area contributed by atoms with Crippen molar-refractivity contribution in [1.82, 2.24) is 4.90 Å². The second-order valence-electron chi connectivity index (χ2n) is 9.67. The van der Waals surface area contributed by atoms with Gasteiger partial charge in [-0.15, -0.1) is 0 Å². The van der Waals surface area contributed by atoms with E-state index in [4.69, 9.17) is 5.26 Å². The van der Waals surface area contributed by atoms with Crippen molar-refractivity contribution in [2.24, 2.45) is 0 Å². The van der Waals surface area contributed by atoms with E-state index in [-0.39, 0.29) is 5.56 Å². The monoisotopic (exact) mass is 540 g/mol. The van der Waals surface area contributed by atoms with E-state index in [1.54, 1.807) is 48.5 Å². The maximum Gasteiger partial charge on any atom is 0.417 e. The first kappa shape index (κ1) is 27.0. The van der Waals surface area contributed by atoms with Crippen molar-refractivity contribution in [2.45, 2.75) is 12.7 Å². The Bertz CT molecular complexity index is 1520. The van der Waals surface area contributed by atoms with Gasteiger partial charge in [-0.2, -0.15) is 18.4 Å². The minimum Gasteiger partial charge on any atom is -0.369 e. The van der Waals surface area contributed by atoms with Gasteiger partial charge in [0.15, 0.2) is 0 Å². The van der Waals surface area contributed by atoms with Crippen LogP contribution in [0.5, 0.6) is 0 Å². The summed E-state index contributed by atoms with van der Waals surface area (Å²) >= 11 is 0. The van der Waals surface area contributed by atoms with Gasteiger partial charge in [0.1, 0.15) is 0 Å². The Morgan fingerprint density at radius 3 is 2.23 bits per heavy atom. The van der Waals surface area contributed by atoms with Crippen LogP contribution in [0.2, 0.25) is 0 Å². The molecule has 1 amide bonds. The van der Waals surface area contributed by atoms with Crippen molar-refractivity contribution >= 4 is 17.3 Å². The maximum absolute atomic E-state index is 13.9. The summed E-state index contributed by atoms with van der Waals surface area (Å²) in [6, 6.07) is 29.3. The van der Waals surface area contributed by atoms with Gasteiger partial charge in [0.25, 0.3) is 5.91 Å². The summed E-state index contributed by atoms with van der Waals surface area (Å²) in [7, 11) is 0. The zero-order chi connectivity index (χ0) is 28.1. The molecule has 202 valence electrons. The molecule has 1 heterocycles. The molecule has 4 aromatic carbocycles. The van der Waals surface area contributed by atoms with E-state index in [0.717, 1.165) is 50.0 Å². The number of carbonyl (C=O) groups excluding carboxylic acids is 1. The fourth-order valence-corrected chi connectivity index (χ4v) is 5.00. The number of carbonyl (C=O) groups is 1. The average molecular weight is 541 g/mol. The lowest BCUT2D eigenvalue weighted by molar-refractivity contribution is -0.137. The second kappa shape index (κ2) is 11.6. The SMILES string of the molecule is N#Cc1cccc(CN2CCN(c3ccc(NC(=O)c4c(-c5ccccc5)cccc4C(F)(F)F)cc3)CC2)c1. The van der Waals surface area contributed by atoms with E-state index in [1.807, 2.05) is 30.3 Å². The molecular weight excluding hydrogens is 513 g/mol.